The Morgan fingerprint density at radius 1 is 1.12 bits per heavy atom. The first kappa shape index (κ1) is 17.8. The summed E-state index contributed by atoms with van der Waals surface area (Å²) in [6.07, 6.45) is 0.638. The van der Waals surface area contributed by atoms with Gasteiger partial charge in [-0.1, -0.05) is 41.7 Å². The summed E-state index contributed by atoms with van der Waals surface area (Å²) in [7, 11) is 0. The van der Waals surface area contributed by atoms with E-state index in [0.717, 1.165) is 37.8 Å². The Morgan fingerprint density at radius 2 is 1.88 bits per heavy atom. The summed E-state index contributed by atoms with van der Waals surface area (Å²) in [6, 6.07) is 11.6. The van der Waals surface area contributed by atoms with Crippen LogP contribution in [-0.2, 0) is 11.2 Å². The molecule has 3 rings (SSSR count). The second-order valence-electron chi connectivity index (χ2n) is 6.07. The zero-order chi connectivity index (χ0) is 18.7. The molecule has 0 saturated heterocycles. The summed E-state index contributed by atoms with van der Waals surface area (Å²) < 4.78 is 0. The zero-order valence-electron chi connectivity index (χ0n) is 14.5. The first-order valence-corrected chi connectivity index (χ1v) is 8.93. The fourth-order valence-electron chi connectivity index (χ4n) is 2.68. The van der Waals surface area contributed by atoms with Gasteiger partial charge in [-0.25, -0.2) is 4.85 Å². The van der Waals surface area contributed by atoms with E-state index in [1.54, 1.807) is 0 Å². The van der Waals surface area contributed by atoms with Crippen LogP contribution < -0.4 is 0 Å². The maximum absolute atomic E-state index is 10.7. The van der Waals surface area contributed by atoms with Gasteiger partial charge in [-0.2, -0.15) is 0 Å². The third kappa shape index (κ3) is 3.79. The fraction of sp³-hybridized carbons (Fsp3) is 0.200. The summed E-state index contributed by atoms with van der Waals surface area (Å²) in [6.45, 7) is 11.2. The summed E-state index contributed by atoms with van der Waals surface area (Å²) in [5.41, 5.74) is 5.49. The van der Waals surface area contributed by atoms with Crippen molar-refractivity contribution in [1.29, 1.82) is 0 Å². The van der Waals surface area contributed by atoms with Crippen LogP contribution in [0.1, 0.15) is 23.1 Å². The number of aryl methyl sites for hydroxylation is 3. The van der Waals surface area contributed by atoms with Gasteiger partial charge in [0.1, 0.15) is 10.0 Å². The molecule has 0 bridgehead atoms. The SMILES string of the molecule is [C-]#[N+]c1cc(-c2nnc(-c3ccc(CCC(=O)O)cc3C)s2)ccc1C. The van der Waals surface area contributed by atoms with Crippen molar-refractivity contribution >= 4 is 23.0 Å². The van der Waals surface area contributed by atoms with Gasteiger partial charge in [0.2, 0.25) is 0 Å². The number of aliphatic carboxylic acids is 1. The van der Waals surface area contributed by atoms with Crippen molar-refractivity contribution in [1.82, 2.24) is 10.2 Å². The van der Waals surface area contributed by atoms with Crippen molar-refractivity contribution in [2.45, 2.75) is 26.7 Å². The molecule has 0 amide bonds. The van der Waals surface area contributed by atoms with Crippen molar-refractivity contribution < 1.29 is 9.90 Å². The number of aromatic nitrogens is 2. The average molecular weight is 363 g/mol. The van der Waals surface area contributed by atoms with Gasteiger partial charge in [-0.3, -0.25) is 4.79 Å². The monoisotopic (exact) mass is 363 g/mol. The van der Waals surface area contributed by atoms with Gasteiger partial charge in [-0.05, 0) is 43.0 Å². The van der Waals surface area contributed by atoms with Gasteiger partial charge >= 0.3 is 5.97 Å². The molecule has 1 N–H and O–H groups in total. The van der Waals surface area contributed by atoms with E-state index in [1.165, 1.54) is 11.3 Å². The molecule has 0 aliphatic rings. The molecule has 0 aliphatic carbocycles. The highest BCUT2D eigenvalue weighted by atomic mass is 32.1. The molecule has 0 unspecified atom stereocenters. The van der Waals surface area contributed by atoms with Gasteiger partial charge in [0, 0.05) is 17.5 Å². The van der Waals surface area contributed by atoms with E-state index < -0.39 is 5.97 Å². The summed E-state index contributed by atoms with van der Waals surface area (Å²) in [5, 5.41) is 19.0. The number of hydrogen-bond acceptors (Lipinski definition) is 4. The van der Waals surface area contributed by atoms with Crippen molar-refractivity contribution in [3.8, 4) is 21.1 Å². The van der Waals surface area contributed by atoms with E-state index in [1.807, 2.05) is 50.2 Å². The molecule has 0 spiro atoms. The predicted octanol–water partition coefficient (Wildman–Crippen LogP) is 5.06. The average Bonchev–Trinajstić information content (AvgIpc) is 3.10. The lowest BCUT2D eigenvalue weighted by Gasteiger charge is -2.05. The standard InChI is InChI=1S/C20H17N3O2S/c1-12-4-7-15(11-17(12)21-3)19-22-23-20(26-19)16-8-5-14(10-13(16)2)6-9-18(24)25/h4-5,7-8,10-11H,6,9H2,1-2H3,(H,24,25). The van der Waals surface area contributed by atoms with E-state index in [2.05, 4.69) is 15.0 Å². The Balaban J connectivity index is 1.88. The van der Waals surface area contributed by atoms with Crippen LogP contribution >= 0.6 is 11.3 Å². The normalized spacial score (nSPS) is 10.5. The van der Waals surface area contributed by atoms with Crippen LogP contribution in [0.3, 0.4) is 0 Å². The molecule has 26 heavy (non-hydrogen) atoms. The lowest BCUT2D eigenvalue weighted by Crippen LogP contribution is -1.98. The molecule has 130 valence electrons. The minimum absolute atomic E-state index is 0.124. The highest BCUT2D eigenvalue weighted by Gasteiger charge is 2.12. The maximum atomic E-state index is 10.7. The second-order valence-corrected chi connectivity index (χ2v) is 7.05. The molecule has 1 heterocycles. The molecule has 0 fully saturated rings. The Labute approximate surface area is 155 Å². The molecular weight excluding hydrogens is 346 g/mol. The number of carbonyl (C=O) groups is 1. The van der Waals surface area contributed by atoms with Gasteiger partial charge in [0.15, 0.2) is 5.69 Å². The molecule has 3 aromatic rings. The Bertz CT molecular complexity index is 1020. The van der Waals surface area contributed by atoms with Crippen LogP contribution in [0.4, 0.5) is 5.69 Å². The van der Waals surface area contributed by atoms with E-state index in [9.17, 15) is 4.79 Å². The number of nitrogens with zero attached hydrogens (tertiary/aromatic N) is 3. The maximum Gasteiger partial charge on any atom is 0.303 e. The van der Waals surface area contributed by atoms with Crippen LogP contribution in [0.25, 0.3) is 26.0 Å². The number of hydrogen-bond donors (Lipinski definition) is 1. The van der Waals surface area contributed by atoms with Crippen LogP contribution in [0, 0.1) is 20.4 Å². The molecule has 5 nitrogen and oxygen atoms in total. The molecule has 0 saturated carbocycles. The van der Waals surface area contributed by atoms with Crippen molar-refractivity contribution in [3.05, 3.63) is 64.5 Å². The van der Waals surface area contributed by atoms with Crippen LogP contribution in [0.2, 0.25) is 0 Å². The quantitative estimate of drug-likeness (QED) is 0.644. The Kier molecular flexibility index (Phi) is 5.10. The topological polar surface area (TPSA) is 67.4 Å². The van der Waals surface area contributed by atoms with Gasteiger partial charge in [0.05, 0.1) is 6.57 Å². The van der Waals surface area contributed by atoms with Crippen LogP contribution in [0.15, 0.2) is 36.4 Å². The van der Waals surface area contributed by atoms with E-state index in [4.69, 9.17) is 11.7 Å². The molecule has 6 heteroatoms. The van der Waals surface area contributed by atoms with Gasteiger partial charge < -0.3 is 5.11 Å². The molecule has 2 aromatic carbocycles. The molecular formula is C20H17N3O2S. The van der Waals surface area contributed by atoms with E-state index >= 15 is 0 Å². The van der Waals surface area contributed by atoms with Crippen LogP contribution in [0.5, 0.6) is 0 Å². The largest absolute Gasteiger partial charge is 0.481 e. The zero-order valence-corrected chi connectivity index (χ0v) is 15.3. The Morgan fingerprint density at radius 3 is 2.58 bits per heavy atom. The highest BCUT2D eigenvalue weighted by molar-refractivity contribution is 7.17. The van der Waals surface area contributed by atoms with Crippen molar-refractivity contribution in [2.24, 2.45) is 0 Å². The van der Waals surface area contributed by atoms with Crippen molar-refractivity contribution in [3.63, 3.8) is 0 Å². The minimum Gasteiger partial charge on any atom is -0.481 e. The lowest BCUT2D eigenvalue weighted by atomic mass is 10.0. The first-order valence-electron chi connectivity index (χ1n) is 8.11. The van der Waals surface area contributed by atoms with Gasteiger partial charge in [-0.15, -0.1) is 10.2 Å². The van der Waals surface area contributed by atoms with Gasteiger partial charge in [0.25, 0.3) is 0 Å². The number of benzene rings is 2. The molecule has 0 radical (unpaired) electrons. The fourth-order valence-corrected chi connectivity index (χ4v) is 3.61. The lowest BCUT2D eigenvalue weighted by molar-refractivity contribution is -0.136. The highest BCUT2D eigenvalue weighted by Crippen LogP contribution is 2.34. The Hall–Kier alpha value is -3.04. The second kappa shape index (κ2) is 7.46. The van der Waals surface area contributed by atoms with E-state index in [-0.39, 0.29) is 6.42 Å². The predicted molar refractivity (Wildman–Crippen MR) is 102 cm³/mol. The van der Waals surface area contributed by atoms with E-state index in [0.29, 0.717) is 12.1 Å². The molecule has 0 atom stereocenters. The summed E-state index contributed by atoms with van der Waals surface area (Å²) >= 11 is 1.48. The third-order valence-corrected chi connectivity index (χ3v) is 5.16. The summed E-state index contributed by atoms with van der Waals surface area (Å²) in [5.74, 6) is -0.794. The third-order valence-electron chi connectivity index (χ3n) is 4.15. The molecule has 0 aliphatic heterocycles. The first-order chi connectivity index (χ1) is 12.5. The number of rotatable bonds is 5. The van der Waals surface area contributed by atoms with Crippen LogP contribution in [-0.4, -0.2) is 21.3 Å². The number of carboxylic acids is 1. The number of carboxylic acid groups (broad SMARTS) is 1. The molecule has 1 aromatic heterocycles. The minimum atomic E-state index is -0.794. The summed E-state index contributed by atoms with van der Waals surface area (Å²) in [4.78, 5) is 14.3. The van der Waals surface area contributed by atoms with Crippen molar-refractivity contribution in [2.75, 3.05) is 0 Å². The smallest absolute Gasteiger partial charge is 0.303 e.